The zero-order chi connectivity index (χ0) is 36.7. The number of fused-ring (bicyclic) bond motifs is 10. The molecule has 0 fully saturated rings. The minimum absolute atomic E-state index is 0.0752. The fourth-order valence-corrected chi connectivity index (χ4v) is 6.59. The third-order valence-corrected chi connectivity index (χ3v) is 11.4. The number of para-hydroxylation sites is 2. The number of halogens is 5. The van der Waals surface area contributed by atoms with Crippen LogP contribution in [0.4, 0.5) is 13.2 Å². The van der Waals surface area contributed by atoms with Crippen molar-refractivity contribution in [3.63, 3.8) is 0 Å². The van der Waals surface area contributed by atoms with Gasteiger partial charge >= 0.3 is 5.80 Å². The maximum Gasteiger partial charge on any atom is 0.360 e. The summed E-state index contributed by atoms with van der Waals surface area (Å²) < 4.78 is 52.7. The first-order valence-corrected chi connectivity index (χ1v) is 21.4. The molecule has 12 heteroatoms. The second-order valence-electron chi connectivity index (χ2n) is 14.0. The number of hydrogen-bond acceptors (Lipinski definition) is 4. The first kappa shape index (κ1) is 36.9. The van der Waals surface area contributed by atoms with Crippen molar-refractivity contribution in [1.29, 1.82) is 0 Å². The molecule has 266 valence electrons. The Hall–Kier alpha value is -3.84. The number of aliphatic hydroxyl groups is 1. The van der Waals surface area contributed by atoms with Crippen molar-refractivity contribution < 1.29 is 32.5 Å². The van der Waals surface area contributed by atoms with Gasteiger partial charge in [0.15, 0.2) is 13.9 Å². The first-order chi connectivity index (χ1) is 24.0. The van der Waals surface area contributed by atoms with Crippen LogP contribution in [-0.4, -0.2) is 52.7 Å². The number of alkyl halides is 3. The Morgan fingerprint density at radius 1 is 0.745 bits per heavy atom. The molecule has 0 saturated carbocycles. The molecule has 2 aliphatic rings. The van der Waals surface area contributed by atoms with Crippen molar-refractivity contribution in [1.82, 2.24) is 9.13 Å². The molecule has 1 N–H and O–H groups in total. The second kappa shape index (κ2) is 14.3. The molecule has 2 aromatic heterocycles. The smallest absolute Gasteiger partial charge is 0.360 e. The minimum atomic E-state index is -3.92. The lowest BCUT2D eigenvalue weighted by Gasteiger charge is -2.29. The van der Waals surface area contributed by atoms with Crippen LogP contribution in [0.1, 0.15) is 6.92 Å². The average molecular weight is 843 g/mol. The summed E-state index contributed by atoms with van der Waals surface area (Å²) >= 11 is 7.05. The zero-order valence-corrected chi connectivity index (χ0v) is 32.7. The minimum Gasteiger partial charge on any atom is -0.490 e. The number of rotatable bonds is 0. The summed E-state index contributed by atoms with van der Waals surface area (Å²) in [4.78, 5) is 12.1. The lowest BCUT2D eigenvalue weighted by molar-refractivity contribution is -0.121. The van der Waals surface area contributed by atoms with E-state index in [0.717, 1.165) is 59.4 Å². The van der Waals surface area contributed by atoms with Gasteiger partial charge in [-0.25, -0.2) is 0 Å². The fraction of sp³-hybridized carbons (Fsp3) is 0.256. The molecule has 6 aromatic rings. The van der Waals surface area contributed by atoms with Gasteiger partial charge in [0.1, 0.15) is 30.3 Å². The van der Waals surface area contributed by atoms with Crippen molar-refractivity contribution in [2.75, 3.05) is 13.2 Å². The molecule has 6 nitrogen and oxygen atoms in total. The van der Waals surface area contributed by atoms with E-state index >= 15 is 0 Å². The molecule has 0 bridgehead atoms. The van der Waals surface area contributed by atoms with Crippen LogP contribution in [0.25, 0.3) is 44.3 Å². The van der Waals surface area contributed by atoms with Gasteiger partial charge in [-0.3, -0.25) is 4.79 Å². The SMILES string of the molecule is CC1(O)COc2ccc(Br)cc2-c2cc3ccccc3n2C1.C[Si](C)(C)C(F)(F)F.O=C1COc2ccc(Br)cc2-c2cc3ccccc3n2C1. The summed E-state index contributed by atoms with van der Waals surface area (Å²) in [5.74, 6) is -2.30. The first-order valence-electron chi connectivity index (χ1n) is 16.3. The molecule has 1 atom stereocenters. The van der Waals surface area contributed by atoms with Crippen LogP contribution in [0.3, 0.4) is 0 Å². The maximum atomic E-state index is 12.1. The molecule has 0 amide bonds. The Labute approximate surface area is 312 Å². The number of nitrogens with zero attached hydrogens (tertiary/aromatic N) is 2. The number of carbonyl (C=O) groups is 1. The van der Waals surface area contributed by atoms with Crippen LogP contribution in [0, 0.1) is 0 Å². The predicted molar refractivity (Wildman–Crippen MR) is 206 cm³/mol. The molecule has 2 aliphatic heterocycles. The topological polar surface area (TPSA) is 65.6 Å². The van der Waals surface area contributed by atoms with Gasteiger partial charge < -0.3 is 23.7 Å². The highest BCUT2D eigenvalue weighted by Crippen LogP contribution is 2.40. The van der Waals surface area contributed by atoms with Gasteiger partial charge in [0.2, 0.25) is 0 Å². The summed E-state index contributed by atoms with van der Waals surface area (Å²) in [5.41, 5.74) is 5.42. The third kappa shape index (κ3) is 8.14. The van der Waals surface area contributed by atoms with E-state index in [9.17, 15) is 23.1 Å². The van der Waals surface area contributed by atoms with Crippen LogP contribution in [0.5, 0.6) is 11.5 Å². The van der Waals surface area contributed by atoms with Crippen molar-refractivity contribution in [3.05, 3.63) is 106 Å². The van der Waals surface area contributed by atoms with E-state index in [2.05, 4.69) is 77.4 Å². The molecular weight excluding hydrogens is 805 g/mol. The Morgan fingerprint density at radius 2 is 1.22 bits per heavy atom. The van der Waals surface area contributed by atoms with E-state index in [4.69, 9.17) is 9.47 Å². The number of aromatic nitrogens is 2. The van der Waals surface area contributed by atoms with E-state index in [1.54, 1.807) is 0 Å². The number of ketones is 1. The Balaban J connectivity index is 0.000000146. The van der Waals surface area contributed by atoms with E-state index in [-0.39, 0.29) is 19.0 Å². The van der Waals surface area contributed by atoms with Gasteiger partial charge in [0, 0.05) is 41.9 Å². The number of benzene rings is 4. The van der Waals surface area contributed by atoms with Crippen molar-refractivity contribution in [2.24, 2.45) is 0 Å². The third-order valence-electron chi connectivity index (χ3n) is 8.67. The normalized spacial score (nSPS) is 16.9. The van der Waals surface area contributed by atoms with E-state index in [1.165, 1.54) is 25.0 Å². The van der Waals surface area contributed by atoms with E-state index in [1.807, 2.05) is 67.6 Å². The Kier molecular flexibility index (Phi) is 10.3. The summed E-state index contributed by atoms with van der Waals surface area (Å²) in [7, 11) is -2.86. The monoisotopic (exact) mass is 840 g/mol. The molecule has 0 spiro atoms. The average Bonchev–Trinajstić information content (AvgIpc) is 3.59. The van der Waals surface area contributed by atoms with Gasteiger partial charge in [-0.1, -0.05) is 87.9 Å². The molecule has 8 rings (SSSR count). The fourth-order valence-electron chi connectivity index (χ4n) is 5.86. The molecule has 0 radical (unpaired) electrons. The van der Waals surface area contributed by atoms with Gasteiger partial charge in [-0.2, -0.15) is 13.2 Å². The number of carbonyl (C=O) groups excluding carboxylic acids is 1. The maximum absolute atomic E-state index is 12.1. The molecule has 0 saturated heterocycles. The van der Waals surface area contributed by atoms with Crippen LogP contribution in [0.15, 0.2) is 106 Å². The van der Waals surface area contributed by atoms with Gasteiger partial charge in [-0.05, 0) is 67.6 Å². The van der Waals surface area contributed by atoms with Gasteiger partial charge in [-0.15, -0.1) is 0 Å². The zero-order valence-electron chi connectivity index (χ0n) is 28.5. The van der Waals surface area contributed by atoms with Crippen LogP contribution in [-0.2, 0) is 17.9 Å². The molecule has 0 aliphatic carbocycles. The highest BCUT2D eigenvalue weighted by molar-refractivity contribution is 9.10. The predicted octanol–water partition coefficient (Wildman–Crippen LogP) is 10.7. The second-order valence-corrected chi connectivity index (χ2v) is 20.9. The molecule has 4 aromatic carbocycles. The molecular formula is C39H37Br2F3N2O4Si. The number of ether oxygens (including phenoxy) is 2. The van der Waals surface area contributed by atoms with Crippen LogP contribution in [0.2, 0.25) is 19.6 Å². The number of hydrogen-bond donors (Lipinski definition) is 1. The highest BCUT2D eigenvalue weighted by atomic mass is 79.9. The van der Waals surface area contributed by atoms with Gasteiger partial charge in [0.05, 0.1) is 24.5 Å². The van der Waals surface area contributed by atoms with Crippen molar-refractivity contribution in [3.8, 4) is 34.0 Å². The molecule has 51 heavy (non-hydrogen) atoms. The lowest BCUT2D eigenvalue weighted by Crippen LogP contribution is -2.40. The summed E-state index contributed by atoms with van der Waals surface area (Å²) in [6, 6.07) is 32.5. The summed E-state index contributed by atoms with van der Waals surface area (Å²) in [6.45, 7) is 6.90. The highest BCUT2D eigenvalue weighted by Gasteiger charge is 2.45. The largest absolute Gasteiger partial charge is 0.490 e. The van der Waals surface area contributed by atoms with E-state index in [0.29, 0.717) is 13.1 Å². The van der Waals surface area contributed by atoms with Crippen molar-refractivity contribution in [2.45, 2.75) is 51.1 Å². The number of Topliss-reactive ketones (excluding diaryl/α,β-unsaturated/α-hetero) is 1. The van der Waals surface area contributed by atoms with Gasteiger partial charge in [0.25, 0.3) is 0 Å². The Bertz CT molecular complexity index is 2230. The lowest BCUT2D eigenvalue weighted by atomic mass is 10.1. The van der Waals surface area contributed by atoms with Crippen LogP contribution >= 0.6 is 31.9 Å². The van der Waals surface area contributed by atoms with Crippen LogP contribution < -0.4 is 9.47 Å². The summed E-state index contributed by atoms with van der Waals surface area (Å²) in [6.07, 6.45) is 0. The standard InChI is InChI=1S/C18H16BrNO2.C17H12BrNO2.C4H9F3Si/c1-18(21)10-20-15-5-3-2-4-12(15)8-16(20)14-9-13(19)6-7-17(14)22-11-18;18-12-5-6-17-14(8-12)16-7-11-3-1-2-4-15(11)19(16)9-13(20)10-21-17;1-8(2,3)4(5,6)7/h2-9,21H,10-11H2,1H3;1-8H,9-10H2;1-3H3. The quantitative estimate of drug-likeness (QED) is 0.155. The van der Waals surface area contributed by atoms with E-state index < -0.39 is 19.5 Å². The summed E-state index contributed by atoms with van der Waals surface area (Å²) in [5, 5.41) is 12.9. The molecule has 4 heterocycles. The van der Waals surface area contributed by atoms with Crippen molar-refractivity contribution >= 4 is 67.5 Å². The Morgan fingerprint density at radius 3 is 1.75 bits per heavy atom. The molecule has 1 unspecified atom stereocenters.